The zero-order valence-electron chi connectivity index (χ0n) is 18.9. The van der Waals surface area contributed by atoms with Crippen molar-refractivity contribution in [2.24, 2.45) is 0 Å². The number of hydrogen-bond donors (Lipinski definition) is 3. The molecule has 0 radical (unpaired) electrons. The highest BCUT2D eigenvalue weighted by Crippen LogP contribution is 2.30. The molecule has 1 heterocycles. The topological polar surface area (TPSA) is 73.5 Å². The fourth-order valence-corrected chi connectivity index (χ4v) is 5.27. The molecule has 174 valence electrons. The molecule has 6 nitrogen and oxygen atoms in total. The first-order valence-corrected chi connectivity index (χ1v) is 11.7. The summed E-state index contributed by atoms with van der Waals surface area (Å²) in [4.78, 5) is 27.9. The van der Waals surface area contributed by atoms with E-state index in [1.54, 1.807) is 12.1 Å². The highest BCUT2D eigenvalue weighted by molar-refractivity contribution is 7.80. The number of thiocarbonyl (C=S) groups is 1. The molecule has 33 heavy (non-hydrogen) atoms. The van der Waals surface area contributed by atoms with Gasteiger partial charge in [-0.25, -0.2) is 4.39 Å². The second kappa shape index (κ2) is 9.87. The van der Waals surface area contributed by atoms with Crippen LogP contribution in [-0.4, -0.2) is 40.0 Å². The van der Waals surface area contributed by atoms with Crippen molar-refractivity contribution in [1.82, 2.24) is 10.2 Å². The van der Waals surface area contributed by atoms with Crippen LogP contribution in [0.25, 0.3) is 0 Å². The fraction of sp³-hybridized carbons (Fsp3) is 0.400. The van der Waals surface area contributed by atoms with Crippen LogP contribution in [0.2, 0.25) is 0 Å². The number of aryl methyl sites for hydroxylation is 2. The first-order valence-electron chi connectivity index (χ1n) is 11.3. The SMILES string of the molecule is Cc1cc(C)cc(NC(=O)CC2C(=O)NC3CCCCC3N2C(=S)Nc2ccc(F)cc2)c1. The van der Waals surface area contributed by atoms with Crippen LogP contribution in [0.1, 0.15) is 43.2 Å². The van der Waals surface area contributed by atoms with Gasteiger partial charge < -0.3 is 20.9 Å². The van der Waals surface area contributed by atoms with Gasteiger partial charge in [-0.2, -0.15) is 0 Å². The van der Waals surface area contributed by atoms with E-state index >= 15 is 0 Å². The lowest BCUT2D eigenvalue weighted by atomic mass is 9.85. The van der Waals surface area contributed by atoms with E-state index in [0.717, 1.165) is 36.8 Å². The van der Waals surface area contributed by atoms with Crippen LogP contribution >= 0.6 is 12.2 Å². The first kappa shape index (κ1) is 23.2. The molecule has 2 fully saturated rings. The van der Waals surface area contributed by atoms with E-state index in [0.29, 0.717) is 16.5 Å². The van der Waals surface area contributed by atoms with Crippen LogP contribution in [0.15, 0.2) is 42.5 Å². The number of hydrogen-bond acceptors (Lipinski definition) is 3. The maximum Gasteiger partial charge on any atom is 0.243 e. The molecular formula is C25H29FN4O2S. The molecule has 1 saturated carbocycles. The van der Waals surface area contributed by atoms with Gasteiger partial charge in [-0.15, -0.1) is 0 Å². The van der Waals surface area contributed by atoms with Crippen molar-refractivity contribution in [3.8, 4) is 0 Å². The number of anilines is 2. The number of carbonyl (C=O) groups excluding carboxylic acids is 2. The van der Waals surface area contributed by atoms with Gasteiger partial charge in [0.1, 0.15) is 11.9 Å². The molecule has 1 saturated heterocycles. The van der Waals surface area contributed by atoms with Gasteiger partial charge in [0.2, 0.25) is 11.8 Å². The third-order valence-electron chi connectivity index (χ3n) is 6.27. The Morgan fingerprint density at radius 1 is 1.06 bits per heavy atom. The molecule has 8 heteroatoms. The maximum absolute atomic E-state index is 13.3. The fourth-order valence-electron chi connectivity index (χ4n) is 4.89. The maximum atomic E-state index is 13.3. The van der Waals surface area contributed by atoms with Crippen molar-refractivity contribution >= 4 is 40.5 Å². The molecule has 1 aliphatic heterocycles. The molecule has 3 N–H and O–H groups in total. The zero-order valence-corrected chi connectivity index (χ0v) is 19.7. The Labute approximate surface area is 198 Å². The molecule has 0 spiro atoms. The van der Waals surface area contributed by atoms with Crippen LogP contribution in [0.4, 0.5) is 15.8 Å². The minimum absolute atomic E-state index is 0.00190. The smallest absolute Gasteiger partial charge is 0.243 e. The highest BCUT2D eigenvalue weighted by Gasteiger charge is 2.44. The number of amides is 2. The lowest BCUT2D eigenvalue weighted by Crippen LogP contribution is -2.68. The predicted molar refractivity (Wildman–Crippen MR) is 132 cm³/mol. The Bertz CT molecular complexity index is 1040. The van der Waals surface area contributed by atoms with Gasteiger partial charge in [0, 0.05) is 17.4 Å². The van der Waals surface area contributed by atoms with E-state index in [9.17, 15) is 14.0 Å². The predicted octanol–water partition coefficient (Wildman–Crippen LogP) is 4.28. The molecule has 3 unspecified atom stereocenters. The number of fused-ring (bicyclic) bond motifs is 1. The van der Waals surface area contributed by atoms with Gasteiger partial charge in [0.05, 0.1) is 12.5 Å². The normalized spacial score (nSPS) is 22.2. The summed E-state index contributed by atoms with van der Waals surface area (Å²) in [6.45, 7) is 3.95. The summed E-state index contributed by atoms with van der Waals surface area (Å²) >= 11 is 5.71. The molecule has 3 atom stereocenters. The molecule has 1 aliphatic carbocycles. The van der Waals surface area contributed by atoms with Gasteiger partial charge in [-0.05, 0) is 86.4 Å². The minimum atomic E-state index is -0.726. The Hall–Kier alpha value is -3.00. The lowest BCUT2D eigenvalue weighted by Gasteiger charge is -2.49. The van der Waals surface area contributed by atoms with Crippen molar-refractivity contribution in [1.29, 1.82) is 0 Å². The molecular weight excluding hydrogens is 439 g/mol. The summed E-state index contributed by atoms with van der Waals surface area (Å²) in [5.41, 5.74) is 3.45. The highest BCUT2D eigenvalue weighted by atomic mass is 32.1. The molecule has 2 aromatic rings. The Morgan fingerprint density at radius 3 is 2.42 bits per heavy atom. The number of rotatable bonds is 4. The Balaban J connectivity index is 1.54. The number of nitrogens with zero attached hydrogens (tertiary/aromatic N) is 1. The average Bonchev–Trinajstić information content (AvgIpc) is 2.75. The molecule has 2 aromatic carbocycles. The van der Waals surface area contributed by atoms with E-state index in [1.165, 1.54) is 12.1 Å². The first-order chi connectivity index (χ1) is 15.8. The van der Waals surface area contributed by atoms with E-state index < -0.39 is 6.04 Å². The summed E-state index contributed by atoms with van der Waals surface area (Å²) in [6.07, 6.45) is 3.83. The van der Waals surface area contributed by atoms with Crippen LogP contribution < -0.4 is 16.0 Å². The van der Waals surface area contributed by atoms with Gasteiger partial charge in [-0.3, -0.25) is 9.59 Å². The molecule has 2 aliphatic rings. The van der Waals surface area contributed by atoms with Crippen molar-refractivity contribution in [3.05, 3.63) is 59.4 Å². The summed E-state index contributed by atoms with van der Waals surface area (Å²) < 4.78 is 13.3. The van der Waals surface area contributed by atoms with Crippen molar-refractivity contribution in [2.75, 3.05) is 10.6 Å². The Kier molecular flexibility index (Phi) is 6.93. The standard InChI is InChI=1S/C25H29FN4O2S/c1-15-11-16(2)13-19(12-15)27-23(31)14-22-24(32)29-20-5-3-4-6-21(20)30(22)25(33)28-18-9-7-17(26)8-10-18/h7-13,20-22H,3-6,14H2,1-2H3,(H,27,31)(H,28,33)(H,29,32). The third-order valence-corrected chi connectivity index (χ3v) is 6.58. The number of nitrogens with one attached hydrogen (secondary N) is 3. The number of halogens is 1. The van der Waals surface area contributed by atoms with Gasteiger partial charge in [0.25, 0.3) is 0 Å². The van der Waals surface area contributed by atoms with Gasteiger partial charge in [-0.1, -0.05) is 18.9 Å². The zero-order chi connectivity index (χ0) is 23.5. The largest absolute Gasteiger partial charge is 0.349 e. The summed E-state index contributed by atoms with van der Waals surface area (Å²) in [7, 11) is 0. The van der Waals surface area contributed by atoms with Gasteiger partial charge in [0.15, 0.2) is 5.11 Å². The lowest BCUT2D eigenvalue weighted by molar-refractivity contribution is -0.134. The summed E-state index contributed by atoms with van der Waals surface area (Å²) in [6, 6.07) is 11.0. The number of carbonyl (C=O) groups is 2. The van der Waals surface area contributed by atoms with Gasteiger partial charge >= 0.3 is 0 Å². The quantitative estimate of drug-likeness (QED) is 0.584. The summed E-state index contributed by atoms with van der Waals surface area (Å²) in [5.74, 6) is -0.780. The molecule has 0 aromatic heterocycles. The third kappa shape index (κ3) is 5.50. The molecule has 0 bridgehead atoms. The monoisotopic (exact) mass is 468 g/mol. The Morgan fingerprint density at radius 2 is 1.73 bits per heavy atom. The number of piperazine rings is 1. The average molecular weight is 469 g/mol. The van der Waals surface area contributed by atoms with E-state index in [-0.39, 0.29) is 36.1 Å². The van der Waals surface area contributed by atoms with E-state index in [2.05, 4.69) is 16.0 Å². The second-order valence-electron chi connectivity index (χ2n) is 8.96. The molecule has 4 rings (SSSR count). The van der Waals surface area contributed by atoms with Crippen molar-refractivity contribution in [3.63, 3.8) is 0 Å². The second-order valence-corrected chi connectivity index (χ2v) is 9.34. The summed E-state index contributed by atoms with van der Waals surface area (Å²) in [5, 5.41) is 9.55. The van der Waals surface area contributed by atoms with Crippen molar-refractivity contribution in [2.45, 2.75) is 64.1 Å². The minimum Gasteiger partial charge on any atom is -0.349 e. The van der Waals surface area contributed by atoms with Crippen LogP contribution in [0.5, 0.6) is 0 Å². The van der Waals surface area contributed by atoms with E-state index in [1.807, 2.05) is 36.9 Å². The van der Waals surface area contributed by atoms with Crippen LogP contribution in [0, 0.1) is 19.7 Å². The number of benzene rings is 2. The molecule has 2 amide bonds. The van der Waals surface area contributed by atoms with Crippen molar-refractivity contribution < 1.29 is 14.0 Å². The van der Waals surface area contributed by atoms with Crippen LogP contribution in [-0.2, 0) is 9.59 Å². The van der Waals surface area contributed by atoms with E-state index in [4.69, 9.17) is 12.2 Å². The van der Waals surface area contributed by atoms with Crippen LogP contribution in [0.3, 0.4) is 0 Å².